The zero-order valence-electron chi connectivity index (χ0n) is 13.4. The highest BCUT2D eigenvalue weighted by Crippen LogP contribution is 2.18. The van der Waals surface area contributed by atoms with Crippen molar-refractivity contribution in [1.82, 2.24) is 9.21 Å². The number of nitrogens with one attached hydrogen (secondary N) is 1. The highest BCUT2D eigenvalue weighted by molar-refractivity contribution is 7.89. The Hall–Kier alpha value is -2.45. The molecule has 0 radical (unpaired) electrons. The van der Waals surface area contributed by atoms with E-state index in [2.05, 4.69) is 5.32 Å². The second kappa shape index (κ2) is 7.20. The predicted octanol–water partition coefficient (Wildman–Crippen LogP) is 2.36. The van der Waals surface area contributed by atoms with Gasteiger partial charge in [-0.25, -0.2) is 17.6 Å². The number of piperazine rings is 1. The molecule has 0 spiro atoms. The first-order chi connectivity index (χ1) is 12.0. The number of rotatable bonds is 3. The molecule has 8 heteroatoms. The number of benzene rings is 2. The van der Waals surface area contributed by atoms with Gasteiger partial charge in [0.1, 0.15) is 5.82 Å². The maximum Gasteiger partial charge on any atom is 0.321 e. The van der Waals surface area contributed by atoms with Gasteiger partial charge in [0, 0.05) is 31.9 Å². The van der Waals surface area contributed by atoms with Crippen LogP contribution in [-0.2, 0) is 10.0 Å². The Morgan fingerprint density at radius 3 is 2.28 bits per heavy atom. The second-order valence-electron chi connectivity index (χ2n) is 5.64. The summed E-state index contributed by atoms with van der Waals surface area (Å²) < 4.78 is 39.6. The van der Waals surface area contributed by atoms with Crippen LogP contribution in [0.25, 0.3) is 0 Å². The number of halogens is 1. The van der Waals surface area contributed by atoms with Gasteiger partial charge in [0.2, 0.25) is 10.0 Å². The summed E-state index contributed by atoms with van der Waals surface area (Å²) in [6.45, 7) is 0.974. The lowest BCUT2D eigenvalue weighted by Gasteiger charge is -2.34. The Balaban J connectivity index is 1.61. The SMILES string of the molecule is O=C(Nc1cccc(F)c1)N1CCN(S(=O)(=O)c2ccccc2)CC1. The summed E-state index contributed by atoms with van der Waals surface area (Å²) in [6.07, 6.45) is 0. The number of hydrogen-bond acceptors (Lipinski definition) is 3. The molecule has 2 amide bonds. The number of nitrogens with zero attached hydrogens (tertiary/aromatic N) is 2. The van der Waals surface area contributed by atoms with Crippen LogP contribution in [0.1, 0.15) is 0 Å². The molecule has 0 bridgehead atoms. The highest BCUT2D eigenvalue weighted by Gasteiger charge is 2.29. The molecule has 2 aromatic carbocycles. The zero-order chi connectivity index (χ0) is 17.9. The molecule has 1 aliphatic heterocycles. The summed E-state index contributed by atoms with van der Waals surface area (Å²) in [5, 5.41) is 2.62. The molecule has 1 saturated heterocycles. The van der Waals surface area contributed by atoms with Gasteiger partial charge >= 0.3 is 6.03 Å². The molecule has 0 aromatic heterocycles. The fourth-order valence-corrected chi connectivity index (χ4v) is 4.09. The topological polar surface area (TPSA) is 69.7 Å². The van der Waals surface area contributed by atoms with Crippen LogP contribution >= 0.6 is 0 Å². The van der Waals surface area contributed by atoms with Crippen LogP contribution in [0.3, 0.4) is 0 Å². The lowest BCUT2D eigenvalue weighted by Crippen LogP contribution is -2.51. The molecular formula is C17H18FN3O3S. The minimum atomic E-state index is -3.55. The van der Waals surface area contributed by atoms with Gasteiger partial charge in [-0.15, -0.1) is 0 Å². The number of hydrogen-bond donors (Lipinski definition) is 1. The molecule has 1 heterocycles. The van der Waals surface area contributed by atoms with Crippen molar-refractivity contribution in [3.8, 4) is 0 Å². The van der Waals surface area contributed by atoms with Crippen molar-refractivity contribution >= 4 is 21.7 Å². The number of urea groups is 1. The van der Waals surface area contributed by atoms with E-state index in [-0.39, 0.29) is 37.1 Å². The second-order valence-corrected chi connectivity index (χ2v) is 7.58. The summed E-state index contributed by atoms with van der Waals surface area (Å²) >= 11 is 0. The van der Waals surface area contributed by atoms with Crippen molar-refractivity contribution in [2.24, 2.45) is 0 Å². The number of sulfonamides is 1. The van der Waals surface area contributed by atoms with E-state index in [9.17, 15) is 17.6 Å². The van der Waals surface area contributed by atoms with Crippen molar-refractivity contribution in [1.29, 1.82) is 0 Å². The maximum atomic E-state index is 13.2. The lowest BCUT2D eigenvalue weighted by atomic mass is 10.3. The van der Waals surface area contributed by atoms with Crippen molar-refractivity contribution < 1.29 is 17.6 Å². The van der Waals surface area contributed by atoms with E-state index in [0.717, 1.165) is 0 Å². The average molecular weight is 363 g/mol. The summed E-state index contributed by atoms with van der Waals surface area (Å²) in [7, 11) is -3.55. The van der Waals surface area contributed by atoms with Crippen LogP contribution in [0.15, 0.2) is 59.5 Å². The monoisotopic (exact) mass is 363 g/mol. The van der Waals surface area contributed by atoms with Crippen molar-refractivity contribution in [2.45, 2.75) is 4.90 Å². The van der Waals surface area contributed by atoms with Gasteiger partial charge in [0.15, 0.2) is 0 Å². The van der Waals surface area contributed by atoms with E-state index in [1.807, 2.05) is 0 Å². The summed E-state index contributed by atoms with van der Waals surface area (Å²) in [5.74, 6) is -0.434. The first-order valence-corrected chi connectivity index (χ1v) is 9.27. The zero-order valence-corrected chi connectivity index (χ0v) is 14.2. The van der Waals surface area contributed by atoms with Crippen LogP contribution in [0.5, 0.6) is 0 Å². The Labute approximate surface area is 145 Å². The van der Waals surface area contributed by atoms with Gasteiger partial charge in [0.05, 0.1) is 4.90 Å². The van der Waals surface area contributed by atoms with Gasteiger partial charge in [-0.3, -0.25) is 0 Å². The summed E-state index contributed by atoms with van der Waals surface area (Å²) in [4.78, 5) is 14.0. The molecule has 0 atom stereocenters. The lowest BCUT2D eigenvalue weighted by molar-refractivity contribution is 0.184. The van der Waals surface area contributed by atoms with Crippen molar-refractivity contribution in [3.63, 3.8) is 0 Å². The minimum Gasteiger partial charge on any atom is -0.322 e. The van der Waals surface area contributed by atoms with Crippen LogP contribution in [0, 0.1) is 5.82 Å². The third-order valence-corrected chi connectivity index (χ3v) is 5.90. The van der Waals surface area contributed by atoms with Crippen LogP contribution < -0.4 is 5.32 Å². The van der Waals surface area contributed by atoms with E-state index in [1.54, 1.807) is 36.4 Å². The minimum absolute atomic E-state index is 0.216. The highest BCUT2D eigenvalue weighted by atomic mass is 32.2. The molecule has 0 unspecified atom stereocenters. The first-order valence-electron chi connectivity index (χ1n) is 7.83. The standard InChI is InChI=1S/C17H18FN3O3S/c18-14-5-4-6-15(13-14)19-17(22)20-9-11-21(12-10-20)25(23,24)16-7-2-1-3-8-16/h1-8,13H,9-12H2,(H,19,22). The smallest absolute Gasteiger partial charge is 0.321 e. The average Bonchev–Trinajstić information content (AvgIpc) is 2.62. The molecule has 6 nitrogen and oxygen atoms in total. The van der Waals surface area contributed by atoms with Crippen LogP contribution in [-0.4, -0.2) is 49.8 Å². The largest absolute Gasteiger partial charge is 0.322 e. The van der Waals surface area contributed by atoms with Gasteiger partial charge in [-0.05, 0) is 30.3 Å². The Bertz CT molecular complexity index is 850. The third kappa shape index (κ3) is 3.97. The molecule has 1 N–H and O–H groups in total. The van der Waals surface area contributed by atoms with Crippen LogP contribution in [0.4, 0.5) is 14.9 Å². The maximum absolute atomic E-state index is 13.2. The first kappa shape index (κ1) is 17.4. The quantitative estimate of drug-likeness (QED) is 0.910. The number of carbonyl (C=O) groups excluding carboxylic acids is 1. The van der Waals surface area contributed by atoms with E-state index < -0.39 is 15.8 Å². The van der Waals surface area contributed by atoms with E-state index in [0.29, 0.717) is 5.69 Å². The molecule has 0 saturated carbocycles. The van der Waals surface area contributed by atoms with Gasteiger partial charge in [0.25, 0.3) is 0 Å². The molecule has 2 aromatic rings. The normalized spacial score (nSPS) is 15.8. The molecular weight excluding hydrogens is 345 g/mol. The predicted molar refractivity (Wildman–Crippen MR) is 92.2 cm³/mol. The van der Waals surface area contributed by atoms with E-state index in [4.69, 9.17) is 0 Å². The number of anilines is 1. The molecule has 132 valence electrons. The van der Waals surface area contributed by atoms with Gasteiger partial charge < -0.3 is 10.2 Å². The van der Waals surface area contributed by atoms with Crippen molar-refractivity contribution in [2.75, 3.05) is 31.5 Å². The molecule has 1 fully saturated rings. The number of amides is 2. The summed E-state index contributed by atoms with van der Waals surface area (Å²) in [6, 6.07) is 13.5. The molecule has 25 heavy (non-hydrogen) atoms. The third-order valence-electron chi connectivity index (χ3n) is 3.98. The Morgan fingerprint density at radius 1 is 0.960 bits per heavy atom. The van der Waals surface area contributed by atoms with Gasteiger partial charge in [-0.2, -0.15) is 4.31 Å². The van der Waals surface area contributed by atoms with Gasteiger partial charge in [-0.1, -0.05) is 24.3 Å². The fraction of sp³-hybridized carbons (Fsp3) is 0.235. The van der Waals surface area contributed by atoms with E-state index in [1.165, 1.54) is 27.4 Å². The molecule has 3 rings (SSSR count). The Morgan fingerprint density at radius 2 is 1.64 bits per heavy atom. The number of carbonyl (C=O) groups is 1. The molecule has 0 aliphatic carbocycles. The Kier molecular flexibility index (Phi) is 5.00. The van der Waals surface area contributed by atoms with E-state index >= 15 is 0 Å². The molecule has 1 aliphatic rings. The van der Waals surface area contributed by atoms with Crippen molar-refractivity contribution in [3.05, 3.63) is 60.4 Å². The van der Waals surface area contributed by atoms with Crippen LogP contribution in [0.2, 0.25) is 0 Å². The summed E-state index contributed by atoms with van der Waals surface area (Å²) in [5.41, 5.74) is 0.365. The fourth-order valence-electron chi connectivity index (χ4n) is 2.64.